The molecule has 1 unspecified atom stereocenters. The van der Waals surface area contributed by atoms with Gasteiger partial charge in [0.05, 0.1) is 24.8 Å². The van der Waals surface area contributed by atoms with Gasteiger partial charge < -0.3 is 15.1 Å². The summed E-state index contributed by atoms with van der Waals surface area (Å²) < 4.78 is 0.576. The second kappa shape index (κ2) is 4.42. The number of carboxylic acid groups (broad SMARTS) is 1. The van der Waals surface area contributed by atoms with Gasteiger partial charge in [0.1, 0.15) is 0 Å². The Morgan fingerprint density at radius 2 is 2.29 bits per heavy atom. The van der Waals surface area contributed by atoms with Crippen LogP contribution < -0.4 is 4.90 Å². The number of carbonyl (C=O) groups is 2. The van der Waals surface area contributed by atoms with Crippen LogP contribution in [0.1, 0.15) is 16.9 Å². The van der Waals surface area contributed by atoms with Crippen molar-refractivity contribution in [2.75, 3.05) is 11.4 Å². The standard InChI is InChI=1S/C10H9BrN2O4/c11-5-1-7(9(10(16)17)12-3-5)13-4-6(14)2-8(13)15/h1,3,6,14H,2,4H2,(H,16,17). The summed E-state index contributed by atoms with van der Waals surface area (Å²) in [6, 6.07) is 1.51. The molecule has 1 saturated heterocycles. The summed E-state index contributed by atoms with van der Waals surface area (Å²) in [6.45, 7) is 0.0945. The number of hydrogen-bond donors (Lipinski definition) is 2. The fourth-order valence-corrected chi connectivity index (χ4v) is 2.04. The van der Waals surface area contributed by atoms with Crippen LogP contribution in [0.3, 0.4) is 0 Å². The molecule has 0 aromatic carbocycles. The van der Waals surface area contributed by atoms with Gasteiger partial charge in [0.25, 0.3) is 0 Å². The van der Waals surface area contributed by atoms with Crippen molar-refractivity contribution in [3.05, 3.63) is 22.4 Å². The Hall–Kier alpha value is -1.47. The van der Waals surface area contributed by atoms with E-state index in [2.05, 4.69) is 20.9 Å². The number of carbonyl (C=O) groups excluding carboxylic acids is 1. The van der Waals surface area contributed by atoms with E-state index >= 15 is 0 Å². The molecule has 0 saturated carbocycles. The normalized spacial score (nSPS) is 19.8. The molecule has 0 radical (unpaired) electrons. The number of aliphatic hydroxyl groups is 1. The highest BCUT2D eigenvalue weighted by molar-refractivity contribution is 9.10. The van der Waals surface area contributed by atoms with E-state index in [1.807, 2.05) is 0 Å². The van der Waals surface area contributed by atoms with E-state index in [1.165, 1.54) is 17.2 Å². The van der Waals surface area contributed by atoms with Crippen molar-refractivity contribution in [3.63, 3.8) is 0 Å². The van der Waals surface area contributed by atoms with Gasteiger partial charge in [-0.05, 0) is 22.0 Å². The molecular formula is C10H9BrN2O4. The monoisotopic (exact) mass is 300 g/mol. The maximum atomic E-state index is 11.6. The highest BCUT2D eigenvalue weighted by Gasteiger charge is 2.32. The van der Waals surface area contributed by atoms with Gasteiger partial charge in [-0.15, -0.1) is 0 Å². The highest BCUT2D eigenvalue weighted by Crippen LogP contribution is 2.27. The largest absolute Gasteiger partial charge is 0.476 e. The predicted octanol–water partition coefficient (Wildman–Crippen LogP) is 0.640. The first kappa shape index (κ1) is 12.0. The molecule has 17 heavy (non-hydrogen) atoms. The molecule has 0 aliphatic carbocycles. The SMILES string of the molecule is O=C(O)c1ncc(Br)cc1N1CC(O)CC1=O. The minimum absolute atomic E-state index is 0.00553. The Kier molecular flexibility index (Phi) is 3.12. The lowest BCUT2D eigenvalue weighted by atomic mass is 10.2. The molecule has 0 bridgehead atoms. The van der Waals surface area contributed by atoms with Gasteiger partial charge in [-0.2, -0.15) is 0 Å². The lowest BCUT2D eigenvalue weighted by molar-refractivity contribution is -0.117. The average Bonchev–Trinajstić information content (AvgIpc) is 2.57. The van der Waals surface area contributed by atoms with Gasteiger partial charge in [-0.25, -0.2) is 9.78 Å². The molecule has 1 aromatic heterocycles. The maximum absolute atomic E-state index is 11.6. The van der Waals surface area contributed by atoms with Crippen LogP contribution in [-0.4, -0.2) is 39.7 Å². The topological polar surface area (TPSA) is 90.7 Å². The zero-order valence-electron chi connectivity index (χ0n) is 8.63. The van der Waals surface area contributed by atoms with Gasteiger partial charge in [0.15, 0.2) is 5.69 Å². The Bertz CT molecular complexity index is 491. The van der Waals surface area contributed by atoms with Crippen LogP contribution in [0.25, 0.3) is 0 Å². The predicted molar refractivity (Wildman–Crippen MR) is 61.9 cm³/mol. The van der Waals surface area contributed by atoms with E-state index < -0.39 is 12.1 Å². The number of halogens is 1. The maximum Gasteiger partial charge on any atom is 0.356 e. The summed E-state index contributed by atoms with van der Waals surface area (Å²) in [7, 11) is 0. The Morgan fingerprint density at radius 1 is 1.59 bits per heavy atom. The van der Waals surface area contributed by atoms with Crippen molar-refractivity contribution in [2.45, 2.75) is 12.5 Å². The zero-order valence-corrected chi connectivity index (χ0v) is 10.2. The number of carboxylic acids is 1. The van der Waals surface area contributed by atoms with Crippen LogP contribution in [0.5, 0.6) is 0 Å². The number of β-amino-alcohol motifs (C(OH)–C–C–N with tert-alkyl or cyclic N) is 1. The quantitative estimate of drug-likeness (QED) is 0.836. The molecule has 1 aliphatic heterocycles. The number of anilines is 1. The minimum Gasteiger partial charge on any atom is -0.476 e. The molecule has 0 spiro atoms. The molecule has 1 amide bonds. The molecule has 2 N–H and O–H groups in total. The molecule has 1 fully saturated rings. The van der Waals surface area contributed by atoms with Crippen LogP contribution in [0.15, 0.2) is 16.7 Å². The van der Waals surface area contributed by atoms with Crippen LogP contribution >= 0.6 is 15.9 Å². The molecule has 90 valence electrons. The molecule has 1 aromatic rings. The number of nitrogens with zero attached hydrogens (tertiary/aromatic N) is 2. The molecular weight excluding hydrogens is 292 g/mol. The lowest BCUT2D eigenvalue weighted by Gasteiger charge is -2.17. The molecule has 1 aliphatic rings. The van der Waals surface area contributed by atoms with E-state index in [1.54, 1.807) is 0 Å². The van der Waals surface area contributed by atoms with Gasteiger partial charge in [0.2, 0.25) is 5.91 Å². The van der Waals surface area contributed by atoms with E-state index in [0.717, 1.165) is 0 Å². The van der Waals surface area contributed by atoms with Crippen molar-refractivity contribution in [3.8, 4) is 0 Å². The van der Waals surface area contributed by atoms with Crippen LogP contribution in [0.4, 0.5) is 5.69 Å². The fourth-order valence-electron chi connectivity index (χ4n) is 1.72. The summed E-state index contributed by atoms with van der Waals surface area (Å²) in [5, 5.41) is 18.4. The number of aromatic nitrogens is 1. The molecule has 1 atom stereocenters. The summed E-state index contributed by atoms with van der Waals surface area (Å²) in [4.78, 5) is 27.6. The third kappa shape index (κ3) is 2.29. The summed E-state index contributed by atoms with van der Waals surface area (Å²) in [5.74, 6) is -1.51. The first-order chi connectivity index (χ1) is 7.99. The second-order valence-electron chi connectivity index (χ2n) is 3.69. The second-order valence-corrected chi connectivity index (χ2v) is 4.60. The van der Waals surface area contributed by atoms with Crippen LogP contribution in [-0.2, 0) is 4.79 Å². The average molecular weight is 301 g/mol. The first-order valence-electron chi connectivity index (χ1n) is 4.86. The third-order valence-corrected chi connectivity index (χ3v) is 2.87. The minimum atomic E-state index is -1.21. The first-order valence-corrected chi connectivity index (χ1v) is 5.65. The van der Waals surface area contributed by atoms with Gasteiger partial charge in [0, 0.05) is 10.7 Å². The van der Waals surface area contributed by atoms with Crippen molar-refractivity contribution < 1.29 is 19.8 Å². The van der Waals surface area contributed by atoms with E-state index in [9.17, 15) is 14.7 Å². The fraction of sp³-hybridized carbons (Fsp3) is 0.300. The smallest absolute Gasteiger partial charge is 0.356 e. The van der Waals surface area contributed by atoms with E-state index in [0.29, 0.717) is 4.47 Å². The Balaban J connectivity index is 2.46. The number of hydrogen-bond acceptors (Lipinski definition) is 4. The Morgan fingerprint density at radius 3 is 2.82 bits per heavy atom. The number of rotatable bonds is 2. The summed E-state index contributed by atoms with van der Waals surface area (Å²) in [6.07, 6.45) is 0.596. The Labute approximate surface area is 105 Å². The number of amides is 1. The molecule has 6 nitrogen and oxygen atoms in total. The van der Waals surface area contributed by atoms with Gasteiger partial charge >= 0.3 is 5.97 Å². The third-order valence-electron chi connectivity index (χ3n) is 2.43. The van der Waals surface area contributed by atoms with E-state index in [4.69, 9.17) is 5.11 Å². The van der Waals surface area contributed by atoms with Gasteiger partial charge in [-0.1, -0.05) is 0 Å². The number of pyridine rings is 1. The molecule has 2 heterocycles. The van der Waals surface area contributed by atoms with Crippen LogP contribution in [0.2, 0.25) is 0 Å². The lowest BCUT2D eigenvalue weighted by Crippen LogP contribution is -2.27. The van der Waals surface area contributed by atoms with Gasteiger partial charge in [-0.3, -0.25) is 4.79 Å². The summed E-state index contributed by atoms with van der Waals surface area (Å²) in [5.41, 5.74) is 0.00377. The van der Waals surface area contributed by atoms with Crippen molar-refractivity contribution in [1.82, 2.24) is 4.98 Å². The van der Waals surface area contributed by atoms with Crippen LogP contribution in [0, 0.1) is 0 Å². The summed E-state index contributed by atoms with van der Waals surface area (Å²) >= 11 is 3.17. The molecule has 7 heteroatoms. The molecule has 2 rings (SSSR count). The number of aromatic carboxylic acids is 1. The van der Waals surface area contributed by atoms with Crippen molar-refractivity contribution >= 4 is 33.5 Å². The number of aliphatic hydroxyl groups excluding tert-OH is 1. The van der Waals surface area contributed by atoms with E-state index in [-0.39, 0.29) is 30.3 Å². The zero-order chi connectivity index (χ0) is 12.6. The van der Waals surface area contributed by atoms with Crippen molar-refractivity contribution in [2.24, 2.45) is 0 Å². The van der Waals surface area contributed by atoms with Crippen molar-refractivity contribution in [1.29, 1.82) is 0 Å². The highest BCUT2D eigenvalue weighted by atomic mass is 79.9.